The molecule has 2 heterocycles. The van der Waals surface area contributed by atoms with Gasteiger partial charge in [0.1, 0.15) is 0 Å². The van der Waals surface area contributed by atoms with Crippen molar-refractivity contribution in [2.75, 3.05) is 5.32 Å². The van der Waals surface area contributed by atoms with E-state index in [1.54, 1.807) is 6.92 Å². The molecule has 0 aromatic carbocycles. The van der Waals surface area contributed by atoms with Crippen LogP contribution in [0.25, 0.3) is 0 Å². The number of nitrogens with zero attached hydrogens (tertiary/aromatic N) is 1. The van der Waals surface area contributed by atoms with Crippen molar-refractivity contribution in [3.8, 4) is 0 Å². The Bertz CT molecular complexity index is 590. The predicted molar refractivity (Wildman–Crippen MR) is 70.6 cm³/mol. The van der Waals surface area contributed by atoms with E-state index in [0.29, 0.717) is 10.7 Å². The first-order chi connectivity index (χ1) is 7.81. The highest BCUT2D eigenvalue weighted by molar-refractivity contribution is 7.92. The zero-order valence-corrected chi connectivity index (χ0v) is 11.9. The molecule has 5 nitrogen and oxygen atoms in total. The number of guanidine groups is 1. The SMILES string of the molecule is Cc1sc2c(c1Cl)NC(NC(C)C)=NS2(=O)=O. The molecule has 0 spiro atoms. The molecule has 0 fully saturated rings. The highest BCUT2D eigenvalue weighted by Gasteiger charge is 2.30. The topological polar surface area (TPSA) is 70.6 Å². The number of anilines is 1. The van der Waals surface area contributed by atoms with Crippen molar-refractivity contribution in [3.63, 3.8) is 0 Å². The maximum absolute atomic E-state index is 11.9. The van der Waals surface area contributed by atoms with Gasteiger partial charge in [-0.25, -0.2) is 0 Å². The number of sulfonamides is 1. The summed E-state index contributed by atoms with van der Waals surface area (Å²) >= 11 is 7.18. The maximum atomic E-state index is 11.9. The fourth-order valence-electron chi connectivity index (χ4n) is 1.43. The maximum Gasteiger partial charge on any atom is 0.297 e. The quantitative estimate of drug-likeness (QED) is 0.832. The van der Waals surface area contributed by atoms with Crippen LogP contribution in [0.5, 0.6) is 0 Å². The number of hydrogen-bond donors (Lipinski definition) is 2. The van der Waals surface area contributed by atoms with Crippen LogP contribution in [-0.2, 0) is 10.0 Å². The second-order valence-corrected chi connectivity index (χ2v) is 7.38. The lowest BCUT2D eigenvalue weighted by atomic mass is 10.4. The first kappa shape index (κ1) is 12.7. The monoisotopic (exact) mass is 293 g/mol. The zero-order chi connectivity index (χ0) is 12.8. The van der Waals surface area contributed by atoms with Crippen molar-refractivity contribution < 1.29 is 8.42 Å². The van der Waals surface area contributed by atoms with Crippen LogP contribution in [0.2, 0.25) is 5.02 Å². The van der Waals surface area contributed by atoms with Gasteiger partial charge in [0.05, 0.1) is 10.7 Å². The van der Waals surface area contributed by atoms with Crippen LogP contribution in [0.3, 0.4) is 0 Å². The lowest BCUT2D eigenvalue weighted by Gasteiger charge is -2.18. The number of hydrogen-bond acceptors (Lipinski definition) is 5. The van der Waals surface area contributed by atoms with Crippen LogP contribution in [0.4, 0.5) is 5.69 Å². The van der Waals surface area contributed by atoms with Crippen molar-refractivity contribution in [3.05, 3.63) is 9.90 Å². The molecule has 0 aliphatic carbocycles. The van der Waals surface area contributed by atoms with Gasteiger partial charge in [0.25, 0.3) is 10.0 Å². The van der Waals surface area contributed by atoms with Crippen LogP contribution < -0.4 is 10.6 Å². The number of fused-ring (bicyclic) bond motifs is 1. The van der Waals surface area contributed by atoms with E-state index >= 15 is 0 Å². The van der Waals surface area contributed by atoms with E-state index in [1.807, 2.05) is 13.8 Å². The van der Waals surface area contributed by atoms with E-state index in [2.05, 4.69) is 15.0 Å². The zero-order valence-electron chi connectivity index (χ0n) is 9.54. The van der Waals surface area contributed by atoms with Gasteiger partial charge in [-0.2, -0.15) is 8.42 Å². The molecule has 0 saturated heterocycles. The Kier molecular flexibility index (Phi) is 3.09. The van der Waals surface area contributed by atoms with Gasteiger partial charge >= 0.3 is 0 Å². The molecule has 0 atom stereocenters. The first-order valence-electron chi connectivity index (χ1n) is 4.98. The van der Waals surface area contributed by atoms with Crippen molar-refractivity contribution in [2.24, 2.45) is 4.40 Å². The summed E-state index contributed by atoms with van der Waals surface area (Å²) in [7, 11) is -3.64. The summed E-state index contributed by atoms with van der Waals surface area (Å²) in [4.78, 5) is 0.758. The molecule has 0 saturated carbocycles. The van der Waals surface area contributed by atoms with Crippen molar-refractivity contribution >= 4 is 44.6 Å². The molecule has 0 amide bonds. The smallest absolute Gasteiger partial charge is 0.297 e. The van der Waals surface area contributed by atoms with Gasteiger partial charge in [-0.05, 0) is 20.8 Å². The Labute approximate surface area is 109 Å². The van der Waals surface area contributed by atoms with Crippen LogP contribution in [-0.4, -0.2) is 20.4 Å². The molecule has 1 aromatic rings. The summed E-state index contributed by atoms with van der Waals surface area (Å²) in [6.07, 6.45) is 0. The molecule has 0 unspecified atom stereocenters. The van der Waals surface area contributed by atoms with Crippen LogP contribution in [0.15, 0.2) is 8.61 Å². The second kappa shape index (κ2) is 4.15. The fraction of sp³-hybridized carbons (Fsp3) is 0.444. The Morgan fingerprint density at radius 1 is 1.47 bits per heavy atom. The largest absolute Gasteiger partial charge is 0.353 e. The van der Waals surface area contributed by atoms with Crippen molar-refractivity contribution in [2.45, 2.75) is 31.0 Å². The molecular formula is C9H12ClN3O2S2. The summed E-state index contributed by atoms with van der Waals surface area (Å²) in [5.74, 6) is 0.215. The Morgan fingerprint density at radius 3 is 2.71 bits per heavy atom. The molecule has 94 valence electrons. The summed E-state index contributed by atoms with van der Waals surface area (Å²) in [6.45, 7) is 5.57. The number of nitrogens with one attached hydrogen (secondary N) is 2. The standard InChI is InChI=1S/C9H12ClN3O2S2/c1-4(2)11-9-12-7-6(10)5(3)16-8(7)17(14,15)13-9/h4H,1-3H3,(H2,11,12,13). The summed E-state index contributed by atoms with van der Waals surface area (Å²) in [5, 5.41) is 6.27. The summed E-state index contributed by atoms with van der Waals surface area (Å²) in [6, 6.07) is 0.0801. The Morgan fingerprint density at radius 2 is 2.12 bits per heavy atom. The van der Waals surface area contributed by atoms with Gasteiger partial charge in [-0.1, -0.05) is 11.6 Å². The third kappa shape index (κ3) is 2.27. The number of aryl methyl sites for hydroxylation is 1. The fourth-order valence-corrected chi connectivity index (χ4v) is 4.26. The molecular weight excluding hydrogens is 282 g/mol. The first-order valence-corrected chi connectivity index (χ1v) is 7.62. The molecule has 1 aliphatic rings. The van der Waals surface area contributed by atoms with Gasteiger partial charge < -0.3 is 10.6 Å². The van der Waals surface area contributed by atoms with E-state index in [-0.39, 0.29) is 16.2 Å². The normalized spacial score (nSPS) is 17.4. The van der Waals surface area contributed by atoms with E-state index in [0.717, 1.165) is 16.2 Å². The number of thiophene rings is 1. The van der Waals surface area contributed by atoms with E-state index in [1.165, 1.54) is 0 Å². The van der Waals surface area contributed by atoms with Crippen LogP contribution in [0, 0.1) is 6.92 Å². The van der Waals surface area contributed by atoms with Gasteiger partial charge in [0, 0.05) is 10.9 Å². The van der Waals surface area contributed by atoms with Gasteiger partial charge in [0.15, 0.2) is 4.21 Å². The Hall–Kier alpha value is -0.790. The lowest BCUT2D eigenvalue weighted by molar-refractivity contribution is 0.599. The molecule has 2 rings (SSSR count). The Balaban J connectivity index is 2.50. The average molecular weight is 294 g/mol. The molecule has 0 bridgehead atoms. The van der Waals surface area contributed by atoms with Crippen LogP contribution >= 0.6 is 22.9 Å². The molecule has 1 aliphatic heterocycles. The predicted octanol–water partition coefficient (Wildman–Crippen LogP) is 2.18. The van der Waals surface area contributed by atoms with E-state index in [9.17, 15) is 8.42 Å². The van der Waals surface area contributed by atoms with E-state index in [4.69, 9.17) is 11.6 Å². The summed E-state index contributed by atoms with van der Waals surface area (Å²) < 4.78 is 27.7. The highest BCUT2D eigenvalue weighted by Crippen LogP contribution is 2.42. The summed E-state index contributed by atoms with van der Waals surface area (Å²) in [5.41, 5.74) is 0.423. The minimum absolute atomic E-state index is 0.0801. The molecule has 2 N–H and O–H groups in total. The van der Waals surface area contributed by atoms with Crippen molar-refractivity contribution in [1.29, 1.82) is 0 Å². The van der Waals surface area contributed by atoms with Gasteiger partial charge in [-0.3, -0.25) is 0 Å². The average Bonchev–Trinajstić information content (AvgIpc) is 2.44. The third-order valence-electron chi connectivity index (χ3n) is 2.09. The van der Waals surface area contributed by atoms with Gasteiger partial charge in [-0.15, -0.1) is 15.7 Å². The minimum atomic E-state index is -3.64. The number of rotatable bonds is 1. The lowest BCUT2D eigenvalue weighted by Crippen LogP contribution is -2.38. The van der Waals surface area contributed by atoms with E-state index < -0.39 is 10.0 Å². The number of halogens is 1. The van der Waals surface area contributed by atoms with Gasteiger partial charge in [0.2, 0.25) is 5.96 Å². The highest BCUT2D eigenvalue weighted by atomic mass is 35.5. The second-order valence-electron chi connectivity index (χ2n) is 3.97. The molecule has 1 aromatic heterocycles. The molecule has 0 radical (unpaired) electrons. The van der Waals surface area contributed by atoms with Crippen molar-refractivity contribution in [1.82, 2.24) is 5.32 Å². The minimum Gasteiger partial charge on any atom is -0.353 e. The molecule has 8 heteroatoms. The van der Waals surface area contributed by atoms with Crippen LogP contribution in [0.1, 0.15) is 18.7 Å². The third-order valence-corrected chi connectivity index (χ3v) is 5.55. The molecule has 17 heavy (non-hydrogen) atoms.